The Bertz CT molecular complexity index is 945. The molecule has 1 N–H and O–H groups in total. The molecule has 5 nitrogen and oxygen atoms in total. The molecule has 3 aromatic carbocycles. The first kappa shape index (κ1) is 17.2. The zero-order valence-electron chi connectivity index (χ0n) is 14.0. The Morgan fingerprint density at radius 1 is 0.731 bits per heavy atom. The Hall–Kier alpha value is -3.60. The summed E-state index contributed by atoms with van der Waals surface area (Å²) >= 11 is 0. The number of phenolic OH excluding ortho intramolecular Hbond substituents is 1. The van der Waals surface area contributed by atoms with Gasteiger partial charge in [-0.15, -0.1) is 0 Å². The Kier molecular flexibility index (Phi) is 4.99. The van der Waals surface area contributed by atoms with E-state index < -0.39 is 11.6 Å². The smallest absolute Gasteiger partial charge is 0.233 e. The van der Waals surface area contributed by atoms with Crippen LogP contribution in [-0.4, -0.2) is 23.8 Å². The summed E-state index contributed by atoms with van der Waals surface area (Å²) in [6, 6.07) is 19.0. The number of ether oxygens (including phenoxy) is 2. The van der Waals surface area contributed by atoms with Gasteiger partial charge >= 0.3 is 0 Å². The molecule has 0 spiro atoms. The van der Waals surface area contributed by atoms with E-state index in [1.807, 2.05) is 0 Å². The monoisotopic (exact) mass is 348 g/mol. The maximum absolute atomic E-state index is 12.4. The van der Waals surface area contributed by atoms with E-state index in [0.717, 1.165) is 0 Å². The minimum absolute atomic E-state index is 0.0303. The molecule has 0 aliphatic heterocycles. The van der Waals surface area contributed by atoms with E-state index in [1.165, 1.54) is 30.3 Å². The van der Waals surface area contributed by atoms with Gasteiger partial charge in [0.15, 0.2) is 0 Å². The molecule has 0 saturated carbocycles. The van der Waals surface area contributed by atoms with E-state index in [9.17, 15) is 14.7 Å². The molecule has 0 aromatic heterocycles. The van der Waals surface area contributed by atoms with Gasteiger partial charge in [-0.25, -0.2) is 0 Å². The van der Waals surface area contributed by atoms with Crippen molar-refractivity contribution in [1.82, 2.24) is 0 Å². The number of rotatable bonds is 6. The second-order valence-corrected chi connectivity index (χ2v) is 5.51. The van der Waals surface area contributed by atoms with Gasteiger partial charge < -0.3 is 14.6 Å². The third-order valence-corrected chi connectivity index (χ3v) is 3.71. The second-order valence-electron chi connectivity index (χ2n) is 5.51. The molecule has 0 aliphatic carbocycles. The third kappa shape index (κ3) is 3.89. The average Bonchev–Trinajstić information content (AvgIpc) is 2.68. The number of carbonyl (C=O) groups is 2. The van der Waals surface area contributed by atoms with E-state index in [0.29, 0.717) is 17.2 Å². The first-order valence-electron chi connectivity index (χ1n) is 7.87. The minimum Gasteiger partial charge on any atom is -0.508 e. The molecule has 0 radical (unpaired) electrons. The van der Waals surface area contributed by atoms with Crippen LogP contribution < -0.4 is 9.47 Å². The van der Waals surface area contributed by atoms with Crippen molar-refractivity contribution >= 4 is 11.6 Å². The van der Waals surface area contributed by atoms with Crippen molar-refractivity contribution in [2.24, 2.45) is 0 Å². The fraction of sp³-hybridized carbons (Fsp3) is 0.0476. The summed E-state index contributed by atoms with van der Waals surface area (Å²) in [6.45, 7) is 0. The molecule has 0 unspecified atom stereocenters. The molecule has 3 rings (SSSR count). The number of hydrogen-bond donors (Lipinski definition) is 1. The predicted octanol–water partition coefficient (Wildman–Crippen LogP) is 4.26. The highest BCUT2D eigenvalue weighted by Gasteiger charge is 2.19. The van der Waals surface area contributed by atoms with Gasteiger partial charge in [0.2, 0.25) is 11.6 Å². The lowest BCUT2D eigenvalue weighted by Gasteiger charge is -2.08. The Morgan fingerprint density at radius 2 is 1.31 bits per heavy atom. The summed E-state index contributed by atoms with van der Waals surface area (Å²) in [7, 11) is 1.56. The van der Waals surface area contributed by atoms with Crippen molar-refractivity contribution in [3.8, 4) is 23.0 Å². The molecule has 0 saturated heterocycles. The Labute approximate surface area is 150 Å². The van der Waals surface area contributed by atoms with E-state index in [4.69, 9.17) is 9.47 Å². The Morgan fingerprint density at radius 3 is 2.00 bits per heavy atom. The number of phenols is 1. The standard InChI is InChI=1S/C21H16O5/c1-25-17-5-3-7-19(13-17)26-18-6-2-4-15(12-18)21(24)20(23)14-8-10-16(22)11-9-14/h2-13,22H,1H3. The molecule has 3 aromatic rings. The lowest BCUT2D eigenvalue weighted by molar-refractivity contribution is 0.0817. The molecule has 0 bridgehead atoms. The van der Waals surface area contributed by atoms with Crippen LogP contribution in [0.4, 0.5) is 0 Å². The van der Waals surface area contributed by atoms with Crippen LogP contribution in [0.2, 0.25) is 0 Å². The van der Waals surface area contributed by atoms with Crippen molar-refractivity contribution in [1.29, 1.82) is 0 Å². The van der Waals surface area contributed by atoms with Crippen LogP contribution in [0.15, 0.2) is 72.8 Å². The molecule has 0 fully saturated rings. The lowest BCUT2D eigenvalue weighted by Crippen LogP contribution is -2.14. The zero-order chi connectivity index (χ0) is 18.5. The number of methoxy groups -OCH3 is 1. The third-order valence-electron chi connectivity index (χ3n) is 3.71. The SMILES string of the molecule is COc1cccc(Oc2cccc(C(=O)C(=O)c3ccc(O)cc3)c2)c1. The summed E-state index contributed by atoms with van der Waals surface area (Å²) in [5.74, 6) is 0.372. The maximum Gasteiger partial charge on any atom is 0.233 e. The van der Waals surface area contributed by atoms with Crippen LogP contribution in [0.3, 0.4) is 0 Å². The van der Waals surface area contributed by atoms with Gasteiger partial charge in [-0.2, -0.15) is 0 Å². The molecular formula is C21H16O5. The molecular weight excluding hydrogens is 332 g/mol. The van der Waals surface area contributed by atoms with E-state index >= 15 is 0 Å². The summed E-state index contributed by atoms with van der Waals surface area (Å²) in [6.07, 6.45) is 0. The van der Waals surface area contributed by atoms with Crippen LogP contribution in [0, 0.1) is 0 Å². The zero-order valence-corrected chi connectivity index (χ0v) is 14.0. The first-order valence-corrected chi connectivity index (χ1v) is 7.87. The van der Waals surface area contributed by atoms with Gasteiger partial charge in [0, 0.05) is 17.2 Å². The van der Waals surface area contributed by atoms with Crippen LogP contribution in [0.5, 0.6) is 23.0 Å². The molecule has 0 atom stereocenters. The summed E-state index contributed by atoms with van der Waals surface area (Å²) in [4.78, 5) is 24.8. The average molecular weight is 348 g/mol. The number of benzene rings is 3. The van der Waals surface area contributed by atoms with Crippen molar-refractivity contribution in [3.63, 3.8) is 0 Å². The van der Waals surface area contributed by atoms with E-state index in [1.54, 1.807) is 49.6 Å². The molecule has 0 amide bonds. The van der Waals surface area contributed by atoms with Crippen LogP contribution in [0.1, 0.15) is 20.7 Å². The number of aromatic hydroxyl groups is 1. The van der Waals surface area contributed by atoms with Gasteiger partial charge in [0.1, 0.15) is 23.0 Å². The first-order chi connectivity index (χ1) is 12.6. The van der Waals surface area contributed by atoms with E-state index in [-0.39, 0.29) is 16.9 Å². The number of Topliss-reactive ketones (excluding diaryl/α,β-unsaturated/α-hetero) is 2. The molecule has 0 aliphatic rings. The molecule has 130 valence electrons. The molecule has 5 heteroatoms. The van der Waals surface area contributed by atoms with Crippen LogP contribution in [-0.2, 0) is 0 Å². The normalized spacial score (nSPS) is 10.2. The minimum atomic E-state index is -0.650. The fourth-order valence-electron chi connectivity index (χ4n) is 2.38. The highest BCUT2D eigenvalue weighted by atomic mass is 16.5. The van der Waals surface area contributed by atoms with Gasteiger partial charge in [-0.3, -0.25) is 9.59 Å². The van der Waals surface area contributed by atoms with Gasteiger partial charge in [-0.05, 0) is 48.5 Å². The van der Waals surface area contributed by atoms with Crippen molar-refractivity contribution < 1.29 is 24.2 Å². The van der Waals surface area contributed by atoms with Crippen LogP contribution in [0.25, 0.3) is 0 Å². The highest BCUT2D eigenvalue weighted by molar-refractivity contribution is 6.49. The van der Waals surface area contributed by atoms with Crippen molar-refractivity contribution in [2.45, 2.75) is 0 Å². The summed E-state index contributed by atoms with van der Waals surface area (Å²) in [5.41, 5.74) is 0.440. The molecule has 26 heavy (non-hydrogen) atoms. The van der Waals surface area contributed by atoms with Gasteiger partial charge in [0.05, 0.1) is 7.11 Å². The second kappa shape index (κ2) is 7.53. The number of carbonyl (C=O) groups excluding carboxylic acids is 2. The quantitative estimate of drug-likeness (QED) is 0.532. The maximum atomic E-state index is 12.4. The highest BCUT2D eigenvalue weighted by Crippen LogP contribution is 2.26. The predicted molar refractivity (Wildman–Crippen MR) is 96.3 cm³/mol. The lowest BCUT2D eigenvalue weighted by atomic mass is 10.0. The van der Waals surface area contributed by atoms with Crippen molar-refractivity contribution in [3.05, 3.63) is 83.9 Å². The van der Waals surface area contributed by atoms with E-state index in [2.05, 4.69) is 0 Å². The Balaban J connectivity index is 1.80. The number of ketones is 2. The van der Waals surface area contributed by atoms with Crippen molar-refractivity contribution in [2.75, 3.05) is 7.11 Å². The topological polar surface area (TPSA) is 72.8 Å². The van der Waals surface area contributed by atoms with Crippen LogP contribution >= 0.6 is 0 Å². The summed E-state index contributed by atoms with van der Waals surface area (Å²) < 4.78 is 10.9. The largest absolute Gasteiger partial charge is 0.508 e. The molecule has 0 heterocycles. The fourth-order valence-corrected chi connectivity index (χ4v) is 2.38. The summed E-state index contributed by atoms with van der Waals surface area (Å²) in [5, 5.41) is 9.29. The van der Waals surface area contributed by atoms with Gasteiger partial charge in [0.25, 0.3) is 0 Å². The van der Waals surface area contributed by atoms with Gasteiger partial charge in [-0.1, -0.05) is 18.2 Å². The number of hydrogen-bond acceptors (Lipinski definition) is 5.